The minimum Gasteiger partial charge on any atom is -0.480 e. The highest BCUT2D eigenvalue weighted by Gasteiger charge is 2.13. The molecule has 15 heavy (non-hydrogen) atoms. The molecule has 4 N–H and O–H groups in total. The lowest BCUT2D eigenvalue weighted by Gasteiger charge is -2.09. The number of hydrogen-bond acceptors (Lipinski definition) is 3. The summed E-state index contributed by atoms with van der Waals surface area (Å²) in [6, 6.07) is -1.43. The van der Waals surface area contributed by atoms with Gasteiger partial charge in [0.15, 0.2) is 0 Å². The molecule has 1 rings (SSSR count). The number of H-pyrrole nitrogens is 1. The second kappa shape index (κ2) is 4.99. The van der Waals surface area contributed by atoms with E-state index in [0.717, 1.165) is 5.56 Å². The Morgan fingerprint density at radius 3 is 2.93 bits per heavy atom. The van der Waals surface area contributed by atoms with Crippen LogP contribution in [0.5, 0.6) is 0 Å². The first kappa shape index (κ1) is 11.0. The molecule has 1 aromatic heterocycles. The fourth-order valence-electron chi connectivity index (χ4n) is 0.866. The number of amides is 2. The number of carboxylic acid groups (broad SMARTS) is 1. The summed E-state index contributed by atoms with van der Waals surface area (Å²) in [5.74, 6) is -1.08. The average molecular weight is 212 g/mol. The van der Waals surface area contributed by atoms with Crippen LogP contribution >= 0.6 is 0 Å². The first-order valence-corrected chi connectivity index (χ1v) is 4.34. The maximum absolute atomic E-state index is 11.1. The first-order valence-electron chi connectivity index (χ1n) is 4.34. The number of aliphatic carboxylic acids is 1. The van der Waals surface area contributed by atoms with Gasteiger partial charge in [-0.05, 0) is 6.92 Å². The van der Waals surface area contributed by atoms with Crippen molar-refractivity contribution >= 4 is 12.0 Å². The van der Waals surface area contributed by atoms with Crippen LogP contribution in [0, 0.1) is 0 Å². The number of carbonyl (C=O) groups excluding carboxylic acids is 1. The molecule has 0 unspecified atom stereocenters. The fourth-order valence-corrected chi connectivity index (χ4v) is 0.866. The van der Waals surface area contributed by atoms with Gasteiger partial charge in [-0.15, -0.1) is 0 Å². The molecule has 0 aromatic carbocycles. The molecule has 2 amide bonds. The predicted octanol–water partition coefficient (Wildman–Crippen LogP) is -0.318. The average Bonchev–Trinajstić information content (AvgIpc) is 2.66. The van der Waals surface area contributed by atoms with E-state index in [1.165, 1.54) is 6.92 Å². The van der Waals surface area contributed by atoms with E-state index in [2.05, 4.69) is 20.8 Å². The molecule has 0 spiro atoms. The number of aromatic nitrogens is 2. The summed E-state index contributed by atoms with van der Waals surface area (Å²) < 4.78 is 0. The van der Waals surface area contributed by atoms with Gasteiger partial charge in [-0.1, -0.05) is 0 Å². The molecular weight excluding hydrogens is 200 g/mol. The van der Waals surface area contributed by atoms with Crippen molar-refractivity contribution in [3.63, 3.8) is 0 Å². The van der Waals surface area contributed by atoms with Crippen LogP contribution in [0.4, 0.5) is 4.79 Å². The zero-order valence-electron chi connectivity index (χ0n) is 8.15. The Hall–Kier alpha value is -2.05. The molecule has 7 nitrogen and oxygen atoms in total. The van der Waals surface area contributed by atoms with Gasteiger partial charge in [0.1, 0.15) is 6.04 Å². The summed E-state index contributed by atoms with van der Waals surface area (Å²) in [7, 11) is 0. The van der Waals surface area contributed by atoms with Crippen LogP contribution in [0.25, 0.3) is 0 Å². The second-order valence-electron chi connectivity index (χ2n) is 2.99. The molecular formula is C8H12N4O3. The van der Waals surface area contributed by atoms with Crippen LogP contribution in [-0.4, -0.2) is 33.3 Å². The monoisotopic (exact) mass is 212 g/mol. The van der Waals surface area contributed by atoms with E-state index in [0.29, 0.717) is 6.54 Å². The lowest BCUT2D eigenvalue weighted by molar-refractivity contribution is -0.138. The largest absolute Gasteiger partial charge is 0.480 e. The van der Waals surface area contributed by atoms with Crippen LogP contribution in [-0.2, 0) is 11.3 Å². The third kappa shape index (κ3) is 3.67. The molecule has 0 saturated heterocycles. The van der Waals surface area contributed by atoms with Crippen molar-refractivity contribution in [2.45, 2.75) is 19.5 Å². The van der Waals surface area contributed by atoms with Gasteiger partial charge in [0.2, 0.25) is 0 Å². The van der Waals surface area contributed by atoms with Gasteiger partial charge < -0.3 is 15.7 Å². The Labute approximate surface area is 85.9 Å². The van der Waals surface area contributed by atoms with Crippen molar-refractivity contribution < 1.29 is 14.7 Å². The third-order valence-electron chi connectivity index (χ3n) is 1.73. The number of carbonyl (C=O) groups is 2. The topological polar surface area (TPSA) is 107 Å². The number of hydrogen-bond donors (Lipinski definition) is 4. The Morgan fingerprint density at radius 1 is 1.67 bits per heavy atom. The molecule has 0 aliphatic rings. The minimum absolute atomic E-state index is 0.300. The van der Waals surface area contributed by atoms with Crippen LogP contribution < -0.4 is 10.6 Å². The van der Waals surface area contributed by atoms with Gasteiger partial charge in [0, 0.05) is 18.3 Å². The maximum Gasteiger partial charge on any atom is 0.325 e. The van der Waals surface area contributed by atoms with Gasteiger partial charge in [-0.25, -0.2) is 4.79 Å². The van der Waals surface area contributed by atoms with E-state index in [4.69, 9.17) is 5.11 Å². The number of nitrogens with zero attached hydrogens (tertiary/aromatic N) is 1. The Morgan fingerprint density at radius 2 is 2.40 bits per heavy atom. The van der Waals surface area contributed by atoms with Gasteiger partial charge >= 0.3 is 12.0 Å². The van der Waals surface area contributed by atoms with Crippen molar-refractivity contribution in [3.8, 4) is 0 Å². The summed E-state index contributed by atoms with van der Waals surface area (Å²) in [5, 5.41) is 19.6. The summed E-state index contributed by atoms with van der Waals surface area (Å²) in [6.45, 7) is 1.69. The van der Waals surface area contributed by atoms with Gasteiger partial charge in [-0.2, -0.15) is 5.10 Å². The van der Waals surface area contributed by atoms with Crippen LogP contribution in [0.2, 0.25) is 0 Å². The summed E-state index contributed by atoms with van der Waals surface area (Å²) in [6.07, 6.45) is 3.21. The van der Waals surface area contributed by atoms with E-state index < -0.39 is 18.0 Å². The van der Waals surface area contributed by atoms with E-state index in [9.17, 15) is 9.59 Å². The molecule has 82 valence electrons. The molecule has 1 heterocycles. The summed E-state index contributed by atoms with van der Waals surface area (Å²) in [4.78, 5) is 21.5. The second-order valence-corrected chi connectivity index (χ2v) is 2.99. The van der Waals surface area contributed by atoms with Crippen molar-refractivity contribution in [1.82, 2.24) is 20.8 Å². The van der Waals surface area contributed by atoms with E-state index in [1.54, 1.807) is 12.4 Å². The normalized spacial score (nSPS) is 11.8. The zero-order chi connectivity index (χ0) is 11.3. The van der Waals surface area contributed by atoms with E-state index >= 15 is 0 Å². The predicted molar refractivity (Wildman–Crippen MR) is 51.1 cm³/mol. The highest BCUT2D eigenvalue weighted by molar-refractivity contribution is 5.82. The number of nitrogens with one attached hydrogen (secondary N) is 3. The SMILES string of the molecule is C[C@H](NC(=O)NCc1cn[nH]c1)C(=O)O. The fraction of sp³-hybridized carbons (Fsp3) is 0.375. The van der Waals surface area contributed by atoms with Crippen molar-refractivity contribution in [2.75, 3.05) is 0 Å². The smallest absolute Gasteiger partial charge is 0.325 e. The van der Waals surface area contributed by atoms with Gasteiger partial charge in [0.25, 0.3) is 0 Å². The highest BCUT2D eigenvalue weighted by atomic mass is 16.4. The number of urea groups is 1. The quantitative estimate of drug-likeness (QED) is 0.548. The standard InChI is InChI=1S/C8H12N4O3/c1-5(7(13)14)12-8(15)9-2-6-3-10-11-4-6/h3-5H,2H2,1H3,(H,10,11)(H,13,14)(H2,9,12,15)/t5-/m0/s1. The maximum atomic E-state index is 11.1. The third-order valence-corrected chi connectivity index (χ3v) is 1.73. The van der Waals surface area contributed by atoms with Crippen LogP contribution in [0.15, 0.2) is 12.4 Å². The molecule has 0 bridgehead atoms. The van der Waals surface area contributed by atoms with Gasteiger partial charge in [-0.3, -0.25) is 9.89 Å². The molecule has 0 fully saturated rings. The summed E-state index contributed by atoms with van der Waals surface area (Å²) >= 11 is 0. The summed E-state index contributed by atoms with van der Waals surface area (Å²) in [5.41, 5.74) is 0.813. The Balaban J connectivity index is 2.28. The van der Waals surface area contributed by atoms with Crippen LogP contribution in [0.1, 0.15) is 12.5 Å². The molecule has 0 radical (unpaired) electrons. The lowest BCUT2D eigenvalue weighted by Crippen LogP contribution is -2.44. The van der Waals surface area contributed by atoms with E-state index in [1.807, 2.05) is 0 Å². The highest BCUT2D eigenvalue weighted by Crippen LogP contribution is 1.91. The molecule has 0 saturated carbocycles. The van der Waals surface area contributed by atoms with Crippen molar-refractivity contribution in [2.24, 2.45) is 0 Å². The molecule has 1 aromatic rings. The molecule has 1 atom stereocenters. The number of carboxylic acids is 1. The van der Waals surface area contributed by atoms with Gasteiger partial charge in [0.05, 0.1) is 6.20 Å². The van der Waals surface area contributed by atoms with Crippen LogP contribution in [0.3, 0.4) is 0 Å². The van der Waals surface area contributed by atoms with Crippen molar-refractivity contribution in [1.29, 1.82) is 0 Å². The van der Waals surface area contributed by atoms with Crippen molar-refractivity contribution in [3.05, 3.63) is 18.0 Å². The Kier molecular flexibility index (Phi) is 3.67. The minimum atomic E-state index is -1.08. The number of aromatic amines is 1. The first-order chi connectivity index (χ1) is 7.09. The molecule has 7 heteroatoms. The zero-order valence-corrected chi connectivity index (χ0v) is 8.15. The number of rotatable bonds is 4. The molecule has 0 aliphatic heterocycles. The Bertz CT molecular complexity index is 336. The molecule has 0 aliphatic carbocycles. The van der Waals surface area contributed by atoms with E-state index in [-0.39, 0.29) is 0 Å². The lowest BCUT2D eigenvalue weighted by atomic mass is 10.3.